The summed E-state index contributed by atoms with van der Waals surface area (Å²) in [7, 11) is 0. The molecule has 164 valence electrons. The minimum Gasteiger partial charge on any atom is -0.164 e. The van der Waals surface area contributed by atoms with Gasteiger partial charge in [0.1, 0.15) is 0 Å². The lowest BCUT2D eigenvalue weighted by atomic mass is 10.0. The van der Waals surface area contributed by atoms with E-state index < -0.39 is 0 Å². The Balaban J connectivity index is 3.07. The van der Waals surface area contributed by atoms with Gasteiger partial charge in [-0.25, -0.2) is 0 Å². The van der Waals surface area contributed by atoms with Crippen molar-refractivity contribution in [3.63, 3.8) is 0 Å². The third-order valence-corrected chi connectivity index (χ3v) is 7.83. The molecule has 0 spiro atoms. The first-order valence-electron chi connectivity index (χ1n) is 12.4. The molecule has 1 atom stereocenters. The minimum atomic E-state index is 0.894. The molecule has 1 unspecified atom stereocenters. The van der Waals surface area contributed by atoms with Gasteiger partial charge in [-0.3, -0.25) is 0 Å². The predicted octanol–water partition coefficient (Wildman–Crippen LogP) is 9.90. The van der Waals surface area contributed by atoms with Crippen LogP contribution in [-0.2, 0) is 0 Å². The highest BCUT2D eigenvalue weighted by Gasteiger charge is 2.05. The van der Waals surface area contributed by atoms with Gasteiger partial charge in [0.2, 0.25) is 0 Å². The lowest BCUT2D eigenvalue weighted by Crippen LogP contribution is -2.04. The summed E-state index contributed by atoms with van der Waals surface area (Å²) < 4.78 is 0. The van der Waals surface area contributed by atoms with Crippen molar-refractivity contribution in [1.29, 1.82) is 0 Å². The summed E-state index contributed by atoms with van der Waals surface area (Å²) in [6.45, 7) is 2.30. The fourth-order valence-electron chi connectivity index (χ4n) is 3.91. The molecule has 0 heterocycles. The summed E-state index contributed by atoms with van der Waals surface area (Å²) in [5.74, 6) is 1.33. The predicted molar refractivity (Wildman–Crippen MR) is 134 cm³/mol. The van der Waals surface area contributed by atoms with E-state index in [2.05, 4.69) is 31.2 Å². The first-order valence-corrected chi connectivity index (χ1v) is 15.0. The van der Waals surface area contributed by atoms with Gasteiger partial charge in [0.05, 0.1) is 0 Å². The van der Waals surface area contributed by atoms with E-state index >= 15 is 0 Å². The number of thioether (sulfide) groups is 2. The van der Waals surface area contributed by atoms with Gasteiger partial charge in [0.25, 0.3) is 0 Å². The third kappa shape index (κ3) is 22.8. The van der Waals surface area contributed by atoms with Gasteiger partial charge < -0.3 is 0 Å². The molecule has 0 N–H and O–H groups in total. The topological polar surface area (TPSA) is 0 Å². The van der Waals surface area contributed by atoms with Crippen molar-refractivity contribution in [2.75, 3.05) is 18.3 Å². The Morgan fingerprint density at radius 1 is 0.481 bits per heavy atom. The summed E-state index contributed by atoms with van der Waals surface area (Å²) in [4.78, 5) is 0. The van der Waals surface area contributed by atoms with E-state index in [1.165, 1.54) is 134 Å². The Hall–Kier alpha value is 0.700. The molecule has 0 aliphatic carbocycles. The molecule has 0 saturated carbocycles. The SMILES string of the molecule is CCCCCCCCCCCCCCCCCCCCCC(CSC)SC. The van der Waals surface area contributed by atoms with E-state index in [4.69, 9.17) is 0 Å². The van der Waals surface area contributed by atoms with Crippen LogP contribution in [0.5, 0.6) is 0 Å². The molecule has 0 aliphatic rings. The maximum atomic E-state index is 2.30. The largest absolute Gasteiger partial charge is 0.164 e. The van der Waals surface area contributed by atoms with Crippen molar-refractivity contribution < 1.29 is 0 Å². The van der Waals surface area contributed by atoms with Crippen molar-refractivity contribution in [2.45, 2.75) is 141 Å². The second kappa shape index (κ2) is 24.7. The molecule has 0 amide bonds. The van der Waals surface area contributed by atoms with Crippen molar-refractivity contribution in [1.82, 2.24) is 0 Å². The van der Waals surface area contributed by atoms with E-state index in [-0.39, 0.29) is 0 Å². The molecule has 0 aromatic rings. The zero-order valence-electron chi connectivity index (χ0n) is 19.2. The van der Waals surface area contributed by atoms with Gasteiger partial charge >= 0.3 is 0 Å². The Morgan fingerprint density at radius 2 is 0.815 bits per heavy atom. The van der Waals surface area contributed by atoms with Crippen LogP contribution >= 0.6 is 23.5 Å². The van der Waals surface area contributed by atoms with Crippen molar-refractivity contribution in [3.05, 3.63) is 0 Å². The average molecular weight is 417 g/mol. The Bertz CT molecular complexity index is 255. The molecule has 0 aliphatic heterocycles. The molecule has 0 nitrogen and oxygen atoms in total. The number of hydrogen-bond acceptors (Lipinski definition) is 2. The van der Waals surface area contributed by atoms with E-state index in [1.54, 1.807) is 0 Å². The monoisotopic (exact) mass is 416 g/mol. The van der Waals surface area contributed by atoms with Crippen molar-refractivity contribution >= 4 is 23.5 Å². The summed E-state index contributed by atoms with van der Waals surface area (Å²) in [6, 6.07) is 0. The van der Waals surface area contributed by atoms with Crippen LogP contribution in [0.25, 0.3) is 0 Å². The number of unbranched alkanes of at least 4 members (excludes halogenated alkanes) is 18. The Labute approximate surface area is 182 Å². The molecule has 0 aromatic heterocycles. The Kier molecular flexibility index (Phi) is 25.4. The van der Waals surface area contributed by atoms with Crippen LogP contribution in [0.1, 0.15) is 135 Å². The number of rotatable bonds is 23. The molecule has 2 heteroatoms. The summed E-state index contributed by atoms with van der Waals surface area (Å²) in [5, 5.41) is 0.894. The van der Waals surface area contributed by atoms with Crippen LogP contribution in [0, 0.1) is 0 Å². The molecule has 0 rings (SSSR count). The van der Waals surface area contributed by atoms with Crippen LogP contribution in [0.2, 0.25) is 0 Å². The smallest absolute Gasteiger partial charge is 0.0135 e. The second-order valence-corrected chi connectivity index (χ2v) is 10.5. The fraction of sp³-hybridized carbons (Fsp3) is 1.00. The van der Waals surface area contributed by atoms with Crippen molar-refractivity contribution in [2.24, 2.45) is 0 Å². The fourth-order valence-corrected chi connectivity index (χ4v) is 5.80. The minimum absolute atomic E-state index is 0.894. The van der Waals surface area contributed by atoms with Crippen LogP contribution in [0.3, 0.4) is 0 Å². The van der Waals surface area contributed by atoms with Crippen LogP contribution in [0.15, 0.2) is 0 Å². The zero-order valence-corrected chi connectivity index (χ0v) is 20.9. The van der Waals surface area contributed by atoms with Gasteiger partial charge in [0.15, 0.2) is 0 Å². The molecule has 0 saturated heterocycles. The number of hydrogen-bond donors (Lipinski definition) is 0. The van der Waals surface area contributed by atoms with Gasteiger partial charge in [-0.05, 0) is 18.9 Å². The summed E-state index contributed by atoms with van der Waals surface area (Å²) >= 11 is 4.07. The van der Waals surface area contributed by atoms with Gasteiger partial charge in [-0.2, -0.15) is 23.5 Å². The summed E-state index contributed by atoms with van der Waals surface area (Å²) in [6.07, 6.45) is 33.9. The normalized spacial score (nSPS) is 12.6. The maximum Gasteiger partial charge on any atom is 0.0135 e. The van der Waals surface area contributed by atoms with E-state index in [9.17, 15) is 0 Å². The summed E-state index contributed by atoms with van der Waals surface area (Å²) in [5.41, 5.74) is 0. The molecule has 0 radical (unpaired) electrons. The molecule has 0 bridgehead atoms. The van der Waals surface area contributed by atoms with E-state index in [0.29, 0.717) is 0 Å². The third-order valence-electron chi connectivity index (χ3n) is 5.82. The van der Waals surface area contributed by atoms with E-state index in [0.717, 1.165) is 5.25 Å². The molecule has 27 heavy (non-hydrogen) atoms. The zero-order chi connectivity index (χ0) is 19.8. The molecular formula is C25H52S2. The molecular weight excluding hydrogens is 364 g/mol. The Morgan fingerprint density at radius 3 is 1.11 bits per heavy atom. The highest BCUT2D eigenvalue weighted by atomic mass is 32.2. The van der Waals surface area contributed by atoms with Crippen LogP contribution < -0.4 is 0 Å². The lowest BCUT2D eigenvalue weighted by Gasteiger charge is -2.12. The highest BCUT2D eigenvalue weighted by molar-refractivity contribution is 8.02. The van der Waals surface area contributed by atoms with E-state index in [1.807, 2.05) is 11.8 Å². The van der Waals surface area contributed by atoms with Gasteiger partial charge in [-0.15, -0.1) is 0 Å². The second-order valence-electron chi connectivity index (χ2n) is 8.47. The standard InChI is InChI=1S/C25H52S2/c1-4-5-6-7-8-9-10-11-12-13-14-15-16-17-18-19-20-21-22-23-25(27-3)24-26-2/h25H,4-24H2,1-3H3. The highest BCUT2D eigenvalue weighted by Crippen LogP contribution is 2.20. The first kappa shape index (κ1) is 27.7. The van der Waals surface area contributed by atoms with Crippen LogP contribution in [-0.4, -0.2) is 23.5 Å². The maximum absolute atomic E-state index is 2.30. The molecule has 0 aromatic carbocycles. The quantitative estimate of drug-likeness (QED) is 0.152. The first-order chi connectivity index (χ1) is 13.3. The van der Waals surface area contributed by atoms with Gasteiger partial charge in [-0.1, -0.05) is 129 Å². The lowest BCUT2D eigenvalue weighted by molar-refractivity contribution is 0.522. The average Bonchev–Trinajstić information content (AvgIpc) is 2.68. The van der Waals surface area contributed by atoms with Crippen molar-refractivity contribution in [3.8, 4) is 0 Å². The van der Waals surface area contributed by atoms with Gasteiger partial charge in [0, 0.05) is 11.0 Å². The van der Waals surface area contributed by atoms with Crippen LogP contribution in [0.4, 0.5) is 0 Å². The molecule has 0 fully saturated rings.